The fourth-order valence-electron chi connectivity index (χ4n) is 4.19. The molecule has 0 unspecified atom stereocenters. The van der Waals surface area contributed by atoms with Crippen LogP contribution >= 0.6 is 11.6 Å². The van der Waals surface area contributed by atoms with E-state index in [2.05, 4.69) is 0 Å². The number of benzene rings is 1. The van der Waals surface area contributed by atoms with Crippen LogP contribution in [0.25, 0.3) is 0 Å². The lowest BCUT2D eigenvalue weighted by atomic mass is 9.78. The number of amides is 2. The van der Waals surface area contributed by atoms with E-state index in [-0.39, 0.29) is 23.8 Å². The zero-order valence-electron chi connectivity index (χ0n) is 12.3. The molecule has 22 heavy (non-hydrogen) atoms. The lowest BCUT2D eigenvalue weighted by Crippen LogP contribution is -2.65. The fourth-order valence-corrected chi connectivity index (χ4v) is 4.35. The van der Waals surface area contributed by atoms with E-state index < -0.39 is 5.82 Å². The van der Waals surface area contributed by atoms with E-state index in [1.54, 1.807) is 19.2 Å². The Bertz CT molecular complexity index is 596. The minimum atomic E-state index is -0.475. The average molecular weight is 325 g/mol. The number of nitrogens with zero attached hydrogens (tertiary/aromatic N) is 2. The molecule has 1 aromatic carbocycles. The van der Waals surface area contributed by atoms with Crippen LogP contribution in [0.4, 0.5) is 14.9 Å². The maximum Gasteiger partial charge on any atom is 0.324 e. The summed E-state index contributed by atoms with van der Waals surface area (Å²) in [6.45, 7) is 0. The molecule has 1 aromatic rings. The van der Waals surface area contributed by atoms with Gasteiger partial charge in [-0.1, -0.05) is 11.6 Å². The van der Waals surface area contributed by atoms with Gasteiger partial charge in [0.15, 0.2) is 0 Å². The normalized spacial score (nSPS) is 32.4. The van der Waals surface area contributed by atoms with Crippen molar-refractivity contribution in [3.8, 4) is 0 Å². The van der Waals surface area contributed by atoms with Crippen LogP contribution in [0.3, 0.4) is 0 Å². The first-order valence-electron chi connectivity index (χ1n) is 7.69. The average Bonchev–Trinajstić information content (AvgIpc) is 2.45. The fraction of sp³-hybridized carbons (Fsp3) is 0.562. The molecule has 0 aromatic heterocycles. The molecule has 0 atom stereocenters. The molecule has 0 saturated carbocycles. The third-order valence-electron chi connectivity index (χ3n) is 5.09. The molecule has 0 spiro atoms. The highest BCUT2D eigenvalue weighted by molar-refractivity contribution is 6.30. The van der Waals surface area contributed by atoms with Gasteiger partial charge in [-0.25, -0.2) is 9.18 Å². The lowest BCUT2D eigenvalue weighted by molar-refractivity contribution is -0.167. The van der Waals surface area contributed by atoms with E-state index in [1.807, 2.05) is 4.90 Å². The van der Waals surface area contributed by atoms with Crippen molar-refractivity contribution in [2.24, 2.45) is 0 Å². The van der Waals surface area contributed by atoms with Crippen molar-refractivity contribution in [1.29, 1.82) is 0 Å². The largest absolute Gasteiger partial charge is 0.375 e. The molecule has 6 heteroatoms. The Morgan fingerprint density at radius 1 is 1.27 bits per heavy atom. The van der Waals surface area contributed by atoms with E-state index in [1.165, 1.54) is 11.0 Å². The van der Waals surface area contributed by atoms with Crippen molar-refractivity contribution in [3.05, 3.63) is 29.0 Å². The number of hydrogen-bond acceptors (Lipinski definition) is 2. The number of rotatable bonds is 1. The van der Waals surface area contributed by atoms with Gasteiger partial charge in [0.2, 0.25) is 0 Å². The molecule has 4 bridgehead atoms. The van der Waals surface area contributed by atoms with E-state index in [4.69, 9.17) is 16.3 Å². The van der Waals surface area contributed by atoms with E-state index in [0.717, 1.165) is 25.7 Å². The molecular formula is C16H18ClFN2O2. The van der Waals surface area contributed by atoms with Gasteiger partial charge >= 0.3 is 6.03 Å². The second-order valence-electron chi connectivity index (χ2n) is 6.48. The Hall–Kier alpha value is -1.33. The molecule has 0 radical (unpaired) electrons. The summed E-state index contributed by atoms with van der Waals surface area (Å²) in [4.78, 5) is 16.2. The quantitative estimate of drug-likeness (QED) is 0.793. The predicted molar refractivity (Wildman–Crippen MR) is 81.8 cm³/mol. The van der Waals surface area contributed by atoms with Gasteiger partial charge in [0, 0.05) is 24.2 Å². The van der Waals surface area contributed by atoms with E-state index >= 15 is 0 Å². The molecule has 4 saturated heterocycles. The second-order valence-corrected chi connectivity index (χ2v) is 6.91. The van der Waals surface area contributed by atoms with Crippen molar-refractivity contribution in [2.75, 3.05) is 11.9 Å². The van der Waals surface area contributed by atoms with Gasteiger partial charge in [0.25, 0.3) is 0 Å². The van der Waals surface area contributed by atoms with Crippen molar-refractivity contribution in [3.63, 3.8) is 0 Å². The topological polar surface area (TPSA) is 32.8 Å². The zero-order valence-corrected chi connectivity index (χ0v) is 13.1. The molecule has 4 nitrogen and oxygen atoms in total. The lowest BCUT2D eigenvalue weighted by Gasteiger charge is -2.56. The smallest absolute Gasteiger partial charge is 0.324 e. The molecule has 4 aliphatic rings. The molecular weight excluding hydrogens is 307 g/mol. The van der Waals surface area contributed by atoms with Crippen LogP contribution in [0.1, 0.15) is 25.7 Å². The molecule has 4 aliphatic heterocycles. The molecule has 2 amide bonds. The van der Waals surface area contributed by atoms with Crippen molar-refractivity contribution in [1.82, 2.24) is 4.90 Å². The molecule has 0 N–H and O–H groups in total. The first kappa shape index (κ1) is 14.3. The van der Waals surface area contributed by atoms with Crippen LogP contribution in [-0.2, 0) is 4.74 Å². The highest BCUT2D eigenvalue weighted by Gasteiger charge is 2.50. The number of anilines is 1. The number of carbonyl (C=O) groups excluding carboxylic acids is 1. The highest BCUT2D eigenvalue weighted by atomic mass is 35.5. The summed E-state index contributed by atoms with van der Waals surface area (Å²) in [6.07, 6.45) is 4.18. The van der Waals surface area contributed by atoms with Gasteiger partial charge in [-0.2, -0.15) is 0 Å². The first-order valence-corrected chi connectivity index (χ1v) is 8.07. The third-order valence-corrected chi connectivity index (χ3v) is 5.33. The third kappa shape index (κ3) is 2.18. The van der Waals surface area contributed by atoms with Crippen LogP contribution in [0, 0.1) is 5.82 Å². The highest BCUT2D eigenvalue weighted by Crippen LogP contribution is 2.43. The number of carbonyl (C=O) groups is 1. The van der Waals surface area contributed by atoms with Gasteiger partial charge < -0.3 is 9.64 Å². The van der Waals surface area contributed by atoms with E-state index in [0.29, 0.717) is 17.2 Å². The molecule has 4 fully saturated rings. The van der Waals surface area contributed by atoms with Crippen LogP contribution in [0.15, 0.2) is 18.2 Å². The van der Waals surface area contributed by atoms with Gasteiger partial charge in [-0.3, -0.25) is 4.90 Å². The SMILES string of the molecule is CN(C(=O)N1C2CC3CC1CC(C2)O3)c1ccc(Cl)cc1F. The molecule has 118 valence electrons. The molecule has 4 heterocycles. The summed E-state index contributed by atoms with van der Waals surface area (Å²) >= 11 is 5.78. The van der Waals surface area contributed by atoms with Crippen LogP contribution in [-0.4, -0.2) is 42.3 Å². The summed E-state index contributed by atoms with van der Waals surface area (Å²) in [5.74, 6) is -0.475. The molecule has 5 rings (SSSR count). The maximum absolute atomic E-state index is 14.1. The predicted octanol–water partition coefficient (Wildman–Crippen LogP) is 3.43. The Morgan fingerprint density at radius 2 is 1.86 bits per heavy atom. The van der Waals surface area contributed by atoms with Crippen LogP contribution in [0.5, 0.6) is 0 Å². The summed E-state index contributed by atoms with van der Waals surface area (Å²) < 4.78 is 20.0. The second kappa shape index (κ2) is 5.10. The summed E-state index contributed by atoms with van der Waals surface area (Å²) in [5, 5.41) is 0.328. The van der Waals surface area contributed by atoms with E-state index in [9.17, 15) is 9.18 Å². The number of piperidine rings is 2. The Morgan fingerprint density at radius 3 is 2.41 bits per heavy atom. The standard InChI is InChI=1S/C16H18ClFN2O2/c1-19(15-3-2-9(17)4-14(15)18)16(21)20-10-5-12-7-11(20)8-13(6-10)22-12/h2-4,10-13H,5-8H2,1H3. The minimum Gasteiger partial charge on any atom is -0.375 e. The van der Waals surface area contributed by atoms with Crippen LogP contribution in [0.2, 0.25) is 5.02 Å². The van der Waals surface area contributed by atoms with Crippen molar-refractivity contribution < 1.29 is 13.9 Å². The van der Waals surface area contributed by atoms with Crippen LogP contribution < -0.4 is 4.90 Å². The number of hydrogen-bond donors (Lipinski definition) is 0. The number of halogens is 2. The monoisotopic (exact) mass is 324 g/mol. The molecule has 0 aliphatic carbocycles. The zero-order chi connectivity index (χ0) is 15.4. The van der Waals surface area contributed by atoms with Crippen molar-refractivity contribution in [2.45, 2.75) is 50.0 Å². The summed E-state index contributed by atoms with van der Waals surface area (Å²) in [7, 11) is 1.62. The summed E-state index contributed by atoms with van der Waals surface area (Å²) in [6, 6.07) is 4.71. The van der Waals surface area contributed by atoms with Gasteiger partial charge in [-0.05, 0) is 43.9 Å². The first-order chi connectivity index (χ1) is 10.5. The number of ether oxygens (including phenoxy) is 1. The number of urea groups is 1. The van der Waals surface area contributed by atoms with Gasteiger partial charge in [-0.15, -0.1) is 0 Å². The summed E-state index contributed by atoms with van der Waals surface area (Å²) in [5.41, 5.74) is 0.263. The Kier molecular flexibility index (Phi) is 3.31. The minimum absolute atomic E-state index is 0.130. The maximum atomic E-state index is 14.1. The Balaban J connectivity index is 1.59. The Labute approximate surface area is 133 Å². The van der Waals surface area contributed by atoms with Crippen molar-refractivity contribution >= 4 is 23.3 Å². The van der Waals surface area contributed by atoms with Gasteiger partial charge in [0.05, 0.1) is 17.9 Å². The van der Waals surface area contributed by atoms with Gasteiger partial charge in [0.1, 0.15) is 5.82 Å².